The topological polar surface area (TPSA) is 62.4 Å². The zero-order valence-corrected chi connectivity index (χ0v) is 26.2. The Labute approximate surface area is 280 Å². The summed E-state index contributed by atoms with van der Waals surface area (Å²) in [6, 6.07) is 57.0. The summed E-state index contributed by atoms with van der Waals surface area (Å²) >= 11 is 0. The summed E-state index contributed by atoms with van der Waals surface area (Å²) in [6.45, 7) is 0. The molecule has 0 bridgehead atoms. The first-order valence-electron chi connectivity index (χ1n) is 16.3. The molecule has 0 radical (unpaired) electrons. The van der Waals surface area contributed by atoms with Crippen molar-refractivity contribution in [2.75, 3.05) is 0 Å². The standard InChI is InChI=1S/C44H25N5/c45-26-28-12-7-9-20-36(28)49-39-25-23-33-32-22-24-38-40(34-18-8-10-21-37(34)47(38)30-14-3-1-4-15-30)43(32)48(31-16-5-2-6-17-31)44(33)41(39)35-19-11-13-29(27-46)42(35)49/h1-25H. The molecule has 0 amide bonds. The molecule has 0 fully saturated rings. The molecule has 0 unspecified atom stereocenters. The normalized spacial score (nSPS) is 11.6. The number of aromatic nitrogens is 3. The Balaban J connectivity index is 1.49. The fourth-order valence-corrected chi connectivity index (χ4v) is 7.99. The molecular formula is C44H25N5. The van der Waals surface area contributed by atoms with Crippen LogP contribution < -0.4 is 0 Å². The van der Waals surface area contributed by atoms with Crippen LogP contribution in [0.5, 0.6) is 0 Å². The fourth-order valence-electron chi connectivity index (χ4n) is 7.99. The lowest BCUT2D eigenvalue weighted by atomic mass is 10.1. The molecule has 5 nitrogen and oxygen atoms in total. The van der Waals surface area contributed by atoms with Crippen LogP contribution >= 0.6 is 0 Å². The first kappa shape index (κ1) is 27.1. The van der Waals surface area contributed by atoms with Crippen LogP contribution in [0.25, 0.3) is 82.5 Å². The summed E-state index contributed by atoms with van der Waals surface area (Å²) in [7, 11) is 0. The van der Waals surface area contributed by atoms with Gasteiger partial charge in [0.2, 0.25) is 0 Å². The molecule has 0 aliphatic heterocycles. The second-order valence-corrected chi connectivity index (χ2v) is 12.3. The van der Waals surface area contributed by atoms with Crippen molar-refractivity contribution in [2.45, 2.75) is 0 Å². The third kappa shape index (κ3) is 3.62. The molecule has 10 aromatic rings. The van der Waals surface area contributed by atoms with E-state index in [9.17, 15) is 10.5 Å². The molecule has 7 aromatic carbocycles. The fraction of sp³-hybridized carbons (Fsp3) is 0. The zero-order valence-electron chi connectivity index (χ0n) is 26.2. The predicted octanol–water partition coefficient (Wildman–Crippen LogP) is 10.7. The molecule has 0 aliphatic rings. The average molecular weight is 624 g/mol. The number of para-hydroxylation sites is 5. The maximum absolute atomic E-state index is 10.4. The highest BCUT2D eigenvalue weighted by atomic mass is 15.0. The van der Waals surface area contributed by atoms with Crippen LogP contribution in [0.1, 0.15) is 11.1 Å². The Kier molecular flexibility index (Phi) is 5.64. The van der Waals surface area contributed by atoms with E-state index >= 15 is 0 Å². The van der Waals surface area contributed by atoms with Crippen LogP contribution in [0.15, 0.2) is 152 Å². The van der Waals surface area contributed by atoms with Gasteiger partial charge in [-0.3, -0.25) is 0 Å². The van der Waals surface area contributed by atoms with Crippen molar-refractivity contribution in [3.05, 3.63) is 163 Å². The minimum absolute atomic E-state index is 0.549. The van der Waals surface area contributed by atoms with Gasteiger partial charge < -0.3 is 13.7 Å². The Bertz CT molecular complexity index is 3050. The van der Waals surface area contributed by atoms with E-state index in [1.165, 1.54) is 10.8 Å². The first-order chi connectivity index (χ1) is 24.3. The van der Waals surface area contributed by atoms with Gasteiger partial charge in [-0.25, -0.2) is 0 Å². The smallest absolute Gasteiger partial charge is 0.101 e. The Morgan fingerprint density at radius 3 is 1.57 bits per heavy atom. The lowest BCUT2D eigenvalue weighted by molar-refractivity contribution is 1.16. The van der Waals surface area contributed by atoms with E-state index in [4.69, 9.17) is 0 Å². The number of nitrogens with zero attached hydrogens (tertiary/aromatic N) is 5. The number of hydrogen-bond acceptors (Lipinski definition) is 2. The van der Waals surface area contributed by atoms with Gasteiger partial charge in [0.1, 0.15) is 12.1 Å². The van der Waals surface area contributed by atoms with Gasteiger partial charge in [0.15, 0.2) is 0 Å². The molecule has 0 spiro atoms. The van der Waals surface area contributed by atoms with E-state index in [-0.39, 0.29) is 0 Å². The first-order valence-corrected chi connectivity index (χ1v) is 16.3. The van der Waals surface area contributed by atoms with Crippen molar-refractivity contribution in [3.63, 3.8) is 0 Å². The van der Waals surface area contributed by atoms with Crippen LogP contribution in [-0.2, 0) is 0 Å². The maximum atomic E-state index is 10.4. The highest BCUT2D eigenvalue weighted by Crippen LogP contribution is 2.46. The van der Waals surface area contributed by atoms with E-state index in [0.29, 0.717) is 11.1 Å². The minimum Gasteiger partial charge on any atom is -0.309 e. The lowest BCUT2D eigenvalue weighted by Crippen LogP contribution is -1.99. The van der Waals surface area contributed by atoms with E-state index in [1.54, 1.807) is 0 Å². The number of nitriles is 2. The van der Waals surface area contributed by atoms with Crippen molar-refractivity contribution in [2.24, 2.45) is 0 Å². The molecule has 3 heterocycles. The molecule has 226 valence electrons. The molecule has 10 rings (SSSR count). The molecule has 0 N–H and O–H groups in total. The number of fused-ring (bicyclic) bond motifs is 11. The summed E-state index contributed by atoms with van der Waals surface area (Å²) in [5.74, 6) is 0. The third-order valence-corrected chi connectivity index (χ3v) is 9.89. The molecule has 49 heavy (non-hydrogen) atoms. The molecular weight excluding hydrogens is 599 g/mol. The molecule has 0 aliphatic carbocycles. The highest BCUT2D eigenvalue weighted by Gasteiger charge is 2.25. The van der Waals surface area contributed by atoms with Crippen LogP contribution in [0.4, 0.5) is 0 Å². The van der Waals surface area contributed by atoms with Crippen LogP contribution in [0.3, 0.4) is 0 Å². The Morgan fingerprint density at radius 2 is 0.878 bits per heavy atom. The summed E-state index contributed by atoms with van der Waals surface area (Å²) in [4.78, 5) is 0. The van der Waals surface area contributed by atoms with Gasteiger partial charge in [-0.1, -0.05) is 91.0 Å². The van der Waals surface area contributed by atoms with Crippen molar-refractivity contribution in [3.8, 4) is 29.2 Å². The second-order valence-electron chi connectivity index (χ2n) is 12.3. The van der Waals surface area contributed by atoms with Crippen LogP contribution in [0.2, 0.25) is 0 Å². The maximum Gasteiger partial charge on any atom is 0.101 e. The Hall–Kier alpha value is -7.08. The molecule has 0 atom stereocenters. The van der Waals surface area contributed by atoms with E-state index in [1.807, 2.05) is 42.5 Å². The minimum atomic E-state index is 0.549. The van der Waals surface area contributed by atoms with Gasteiger partial charge in [-0.15, -0.1) is 0 Å². The summed E-state index contributed by atoms with van der Waals surface area (Å²) in [5, 5.41) is 27.2. The van der Waals surface area contributed by atoms with Gasteiger partial charge in [0.05, 0.1) is 49.9 Å². The predicted molar refractivity (Wildman–Crippen MR) is 199 cm³/mol. The van der Waals surface area contributed by atoms with Crippen LogP contribution in [-0.4, -0.2) is 13.7 Å². The zero-order chi connectivity index (χ0) is 32.6. The number of hydrogen-bond donors (Lipinski definition) is 0. The SMILES string of the molecule is N#Cc1ccccc1-n1c2ccc3c4ccc5c(c6ccccc6n5-c5ccccc5)c4n(-c4ccccc4)c3c2c2cccc(C#N)c21. The quantitative estimate of drug-likeness (QED) is 0.197. The highest BCUT2D eigenvalue weighted by molar-refractivity contribution is 6.31. The van der Waals surface area contributed by atoms with E-state index in [0.717, 1.165) is 71.7 Å². The summed E-state index contributed by atoms with van der Waals surface area (Å²) < 4.78 is 6.87. The lowest BCUT2D eigenvalue weighted by Gasteiger charge is -2.11. The largest absolute Gasteiger partial charge is 0.309 e. The van der Waals surface area contributed by atoms with Crippen molar-refractivity contribution < 1.29 is 0 Å². The third-order valence-electron chi connectivity index (χ3n) is 9.89. The molecule has 0 saturated heterocycles. The monoisotopic (exact) mass is 623 g/mol. The number of benzene rings is 7. The van der Waals surface area contributed by atoms with Gasteiger partial charge in [0, 0.05) is 43.7 Å². The summed E-state index contributed by atoms with van der Waals surface area (Å²) in [5.41, 5.74) is 10.2. The van der Waals surface area contributed by atoms with E-state index in [2.05, 4.69) is 135 Å². The average Bonchev–Trinajstić information content (AvgIpc) is 3.81. The van der Waals surface area contributed by atoms with Crippen molar-refractivity contribution in [1.82, 2.24) is 13.7 Å². The number of rotatable bonds is 3. The molecule has 0 saturated carbocycles. The van der Waals surface area contributed by atoms with Crippen LogP contribution in [0, 0.1) is 22.7 Å². The summed E-state index contributed by atoms with van der Waals surface area (Å²) in [6.07, 6.45) is 0. The van der Waals surface area contributed by atoms with E-state index < -0.39 is 0 Å². The second kappa shape index (κ2) is 10.2. The van der Waals surface area contributed by atoms with Crippen molar-refractivity contribution >= 4 is 65.4 Å². The van der Waals surface area contributed by atoms with Gasteiger partial charge in [0.25, 0.3) is 0 Å². The Morgan fingerprint density at radius 1 is 0.347 bits per heavy atom. The molecule has 3 aromatic heterocycles. The van der Waals surface area contributed by atoms with Gasteiger partial charge in [-0.05, 0) is 60.7 Å². The molecule has 5 heteroatoms. The van der Waals surface area contributed by atoms with Crippen molar-refractivity contribution in [1.29, 1.82) is 10.5 Å². The van der Waals surface area contributed by atoms with Gasteiger partial charge >= 0.3 is 0 Å². The van der Waals surface area contributed by atoms with Gasteiger partial charge in [-0.2, -0.15) is 10.5 Å².